The Morgan fingerprint density at radius 2 is 1.60 bits per heavy atom. The number of thiophene rings is 1. The van der Waals surface area contributed by atoms with Crippen LogP contribution in [0.15, 0.2) is 108 Å². The van der Waals surface area contributed by atoms with Gasteiger partial charge in [0.05, 0.1) is 47.0 Å². The average Bonchev–Trinajstić information content (AvgIpc) is 4.16. The maximum atomic E-state index is 14.1. The number of aliphatic hydroxyl groups is 1. The molecule has 0 bridgehead atoms. The topological polar surface area (TPSA) is 190 Å². The summed E-state index contributed by atoms with van der Waals surface area (Å²) in [5.74, 6) is 1.03. The first-order valence-corrected chi connectivity index (χ1v) is 26.9. The molecule has 2 aliphatic rings. The second-order valence-corrected chi connectivity index (χ2v) is 22.6. The van der Waals surface area contributed by atoms with E-state index in [1.54, 1.807) is 59.1 Å². The molecular formula is C57H59ClN8O7S2. The van der Waals surface area contributed by atoms with E-state index in [0.717, 1.165) is 59.5 Å². The van der Waals surface area contributed by atoms with Crippen LogP contribution in [0.3, 0.4) is 0 Å². The molecule has 5 heterocycles. The number of hydrogen-bond donors (Lipinski definition) is 3. The molecule has 388 valence electrons. The van der Waals surface area contributed by atoms with Crippen molar-refractivity contribution in [1.82, 2.24) is 30.0 Å². The number of carbonyl (C=O) groups is 4. The van der Waals surface area contributed by atoms with Crippen LogP contribution in [0.5, 0.6) is 11.5 Å². The van der Waals surface area contributed by atoms with Gasteiger partial charge in [-0.2, -0.15) is 0 Å². The molecule has 4 atom stereocenters. The van der Waals surface area contributed by atoms with E-state index in [2.05, 4.69) is 39.7 Å². The zero-order valence-corrected chi connectivity index (χ0v) is 45.2. The molecule has 3 N–H and O–H groups in total. The van der Waals surface area contributed by atoms with Crippen molar-refractivity contribution < 1.29 is 33.8 Å². The highest BCUT2D eigenvalue weighted by Gasteiger charge is 2.44. The summed E-state index contributed by atoms with van der Waals surface area (Å²) in [5.41, 5.74) is 9.21. The molecule has 2 aliphatic heterocycles. The quantitative estimate of drug-likeness (QED) is 0.0791. The zero-order chi connectivity index (χ0) is 53.1. The smallest absolute Gasteiger partial charge is 0.246 e. The molecule has 7 aromatic rings. The number of aliphatic hydroxyl groups excluding tert-OH is 1. The monoisotopic (exact) mass is 1070 g/mol. The van der Waals surface area contributed by atoms with Crippen LogP contribution in [-0.2, 0) is 36.9 Å². The number of aryl methyl sites for hydroxylation is 4. The summed E-state index contributed by atoms with van der Waals surface area (Å²) in [6.45, 7) is 13.4. The molecule has 0 radical (unpaired) electrons. The van der Waals surface area contributed by atoms with E-state index in [0.29, 0.717) is 40.3 Å². The van der Waals surface area contributed by atoms with E-state index in [9.17, 15) is 24.3 Å². The van der Waals surface area contributed by atoms with E-state index in [4.69, 9.17) is 26.1 Å². The first kappa shape index (κ1) is 53.0. The number of aromatic nitrogens is 4. The summed E-state index contributed by atoms with van der Waals surface area (Å²) in [7, 11) is 0. The van der Waals surface area contributed by atoms with E-state index in [-0.39, 0.29) is 50.7 Å². The summed E-state index contributed by atoms with van der Waals surface area (Å²) in [5, 5.41) is 27.1. The summed E-state index contributed by atoms with van der Waals surface area (Å²) >= 11 is 9.51. The predicted octanol–water partition coefficient (Wildman–Crippen LogP) is 10.3. The molecular weight excluding hydrogens is 1010 g/mol. The van der Waals surface area contributed by atoms with Crippen LogP contribution in [-0.4, -0.2) is 90.3 Å². The molecule has 9 rings (SSSR count). The Bertz CT molecular complexity index is 3270. The van der Waals surface area contributed by atoms with Gasteiger partial charge in [0, 0.05) is 52.2 Å². The first-order chi connectivity index (χ1) is 35.9. The highest BCUT2D eigenvalue weighted by molar-refractivity contribution is 7.15. The van der Waals surface area contributed by atoms with Crippen LogP contribution in [0.2, 0.25) is 5.02 Å². The van der Waals surface area contributed by atoms with E-state index >= 15 is 0 Å². The molecule has 18 heteroatoms. The van der Waals surface area contributed by atoms with E-state index < -0.39 is 41.5 Å². The Morgan fingerprint density at radius 3 is 2.31 bits per heavy atom. The number of β-amino-alcohol motifs (C(OH)–C–C–N with tert-alkyl or cyclic N) is 1. The molecule has 0 spiro atoms. The van der Waals surface area contributed by atoms with Gasteiger partial charge >= 0.3 is 0 Å². The second kappa shape index (κ2) is 22.5. The first-order valence-electron chi connectivity index (χ1n) is 24.8. The highest BCUT2D eigenvalue weighted by atomic mass is 35.5. The van der Waals surface area contributed by atoms with Gasteiger partial charge in [0.25, 0.3) is 0 Å². The van der Waals surface area contributed by atoms with Gasteiger partial charge in [-0.3, -0.25) is 28.7 Å². The predicted molar refractivity (Wildman–Crippen MR) is 292 cm³/mol. The fourth-order valence-electron chi connectivity index (χ4n) is 9.42. The molecule has 3 amide bonds. The number of rotatable bonds is 17. The minimum absolute atomic E-state index is 0.00575. The summed E-state index contributed by atoms with van der Waals surface area (Å²) < 4.78 is 14.0. The largest absolute Gasteiger partial charge is 0.457 e. The molecule has 1 fully saturated rings. The Labute approximate surface area is 449 Å². The zero-order valence-electron chi connectivity index (χ0n) is 42.8. The number of ether oxygens (including phenoxy) is 2. The highest BCUT2D eigenvalue weighted by Crippen LogP contribution is 2.40. The molecule has 3 aromatic heterocycles. The standard InChI is InChI=1S/C57H59ClN8O7S2/c1-32-34(3)75-56-50(32)51(38-18-20-40(58)21-19-38)61-45(54-64-63-35(4)66(54)56)27-48(69)60-41-9-8-10-44(25-41)73-43-22-13-37(14-23-43)29-72-30-49(70)62-53(57(5,6)7)55(71)65-28-42(67)26-46(65)47(68)24-15-36-11-16-39(17-12-36)52-33(2)59-31-74-52/h8-14,16-23,25,31,42,45-46,53,67H,15,24,26-30H2,1-7H3,(H,60,69)(H,62,70)/t42-,45+,46+,53-/m1/s1. The maximum absolute atomic E-state index is 14.1. The normalized spacial score (nSPS) is 16.6. The van der Waals surface area contributed by atoms with Crippen LogP contribution in [0, 0.1) is 33.1 Å². The van der Waals surface area contributed by atoms with Crippen LogP contribution in [0.25, 0.3) is 15.4 Å². The number of hydrogen-bond acceptors (Lipinski definition) is 13. The van der Waals surface area contributed by atoms with Gasteiger partial charge in [0.1, 0.15) is 41.0 Å². The van der Waals surface area contributed by atoms with Crippen molar-refractivity contribution in [3.05, 3.63) is 158 Å². The molecule has 4 aromatic carbocycles. The number of fused-ring (bicyclic) bond motifs is 3. The number of ketones is 1. The number of nitrogens with one attached hydrogen (secondary N) is 2. The number of likely N-dealkylation sites (tertiary alicyclic amines) is 1. The Kier molecular flexibility index (Phi) is 15.9. The van der Waals surface area contributed by atoms with Crippen LogP contribution < -0.4 is 15.4 Å². The molecule has 0 saturated carbocycles. The number of aliphatic imine (C=N–C) groups is 1. The van der Waals surface area contributed by atoms with E-state index in [1.807, 2.05) is 105 Å². The van der Waals surface area contributed by atoms with Gasteiger partial charge in [0.2, 0.25) is 17.7 Å². The van der Waals surface area contributed by atoms with Crippen molar-refractivity contribution in [1.29, 1.82) is 0 Å². The summed E-state index contributed by atoms with van der Waals surface area (Å²) in [4.78, 5) is 68.2. The third-order valence-corrected chi connectivity index (χ3v) is 15.9. The minimum atomic E-state index is -0.971. The number of amides is 3. The van der Waals surface area contributed by atoms with Gasteiger partial charge in [-0.15, -0.1) is 32.9 Å². The van der Waals surface area contributed by atoms with Gasteiger partial charge in [-0.25, -0.2) is 4.98 Å². The van der Waals surface area contributed by atoms with Crippen molar-refractivity contribution >= 4 is 69.2 Å². The maximum Gasteiger partial charge on any atom is 0.246 e. The van der Waals surface area contributed by atoms with Crippen LogP contribution >= 0.6 is 34.3 Å². The Morgan fingerprint density at radius 1 is 0.880 bits per heavy atom. The molecule has 15 nitrogen and oxygen atoms in total. The molecule has 1 saturated heterocycles. The van der Waals surface area contributed by atoms with Crippen molar-refractivity contribution in [3.8, 4) is 26.9 Å². The lowest BCUT2D eigenvalue weighted by Gasteiger charge is -2.35. The van der Waals surface area contributed by atoms with Crippen LogP contribution in [0.1, 0.15) is 96.1 Å². The number of benzene rings is 4. The Hall–Kier alpha value is -6.89. The lowest BCUT2D eigenvalue weighted by Crippen LogP contribution is -2.57. The summed E-state index contributed by atoms with van der Waals surface area (Å²) in [6, 6.07) is 27.5. The molecule has 75 heavy (non-hydrogen) atoms. The number of thiazole rings is 1. The van der Waals surface area contributed by atoms with Gasteiger partial charge in [-0.1, -0.05) is 87.0 Å². The van der Waals surface area contributed by atoms with Crippen molar-refractivity contribution in [2.45, 2.75) is 105 Å². The number of carbonyl (C=O) groups excluding carboxylic acids is 4. The van der Waals surface area contributed by atoms with Crippen molar-refractivity contribution in [2.24, 2.45) is 10.4 Å². The van der Waals surface area contributed by atoms with Crippen molar-refractivity contribution in [3.63, 3.8) is 0 Å². The van der Waals surface area contributed by atoms with E-state index in [1.165, 1.54) is 4.90 Å². The third-order valence-electron chi connectivity index (χ3n) is 13.5. The fourth-order valence-corrected chi connectivity index (χ4v) is 11.6. The number of Topliss-reactive ketones (excluding diaryl/α,β-unsaturated/α-hetero) is 1. The number of halogens is 1. The Balaban J connectivity index is 0.769. The lowest BCUT2D eigenvalue weighted by molar-refractivity contribution is -0.144. The summed E-state index contributed by atoms with van der Waals surface area (Å²) in [6.07, 6.45) is -0.00306. The number of nitrogens with zero attached hydrogens (tertiary/aromatic N) is 6. The minimum Gasteiger partial charge on any atom is -0.457 e. The second-order valence-electron chi connectivity index (χ2n) is 20.1. The van der Waals surface area contributed by atoms with Gasteiger partial charge < -0.3 is 30.1 Å². The molecule has 0 aliphatic carbocycles. The number of anilines is 1. The third kappa shape index (κ3) is 12.1. The van der Waals surface area contributed by atoms with Crippen LogP contribution in [0.4, 0.5) is 5.69 Å². The fraction of sp³-hybridized carbons (Fsp3) is 0.333. The molecule has 0 unspecified atom stereocenters. The van der Waals surface area contributed by atoms with Gasteiger partial charge in [-0.05, 0) is 98.2 Å². The SMILES string of the molecule is Cc1ncsc1-c1ccc(CCC(=O)[C@@H]2C[C@@H](O)CN2C(=O)[C@@H](NC(=O)COCc2ccc(Oc3cccc(NC(=O)C[C@@H]4N=C(c5ccc(Cl)cc5)c5c(sc(C)c5C)-n5c(C)nnc54)c3)cc2)C(C)(C)C)cc1. The average molecular weight is 1070 g/mol. The lowest BCUT2D eigenvalue weighted by atomic mass is 9.85. The van der Waals surface area contributed by atoms with Gasteiger partial charge in [0.15, 0.2) is 11.6 Å². The van der Waals surface area contributed by atoms with Crippen molar-refractivity contribution in [2.75, 3.05) is 18.5 Å².